The van der Waals surface area contributed by atoms with Gasteiger partial charge in [0.25, 0.3) is 11.8 Å². The van der Waals surface area contributed by atoms with Crippen molar-refractivity contribution < 1.29 is 22.8 Å². The van der Waals surface area contributed by atoms with Crippen molar-refractivity contribution in [3.05, 3.63) is 83.7 Å². The first-order valence-electron chi connectivity index (χ1n) is 10.4. The number of pyridine rings is 1. The van der Waals surface area contributed by atoms with Crippen LogP contribution in [0.1, 0.15) is 26.3 Å². The summed E-state index contributed by atoms with van der Waals surface area (Å²) in [6.07, 6.45) is -1.58. The van der Waals surface area contributed by atoms with Crippen LogP contribution in [0.25, 0.3) is 11.1 Å². The first kappa shape index (κ1) is 22.5. The number of rotatable bonds is 4. The fraction of sp³-hybridized carbons (Fsp3) is 0.208. The number of carbonyl (C=O) groups is 2. The minimum absolute atomic E-state index is 0.0320. The molecule has 1 aromatic heterocycles. The first-order chi connectivity index (χ1) is 15.8. The lowest BCUT2D eigenvalue weighted by Gasteiger charge is -2.27. The van der Waals surface area contributed by atoms with Gasteiger partial charge in [-0.1, -0.05) is 18.2 Å². The molecule has 1 aliphatic rings. The van der Waals surface area contributed by atoms with Gasteiger partial charge in [0.1, 0.15) is 0 Å². The molecular formula is C24H21F3N4O2. The van der Waals surface area contributed by atoms with Crippen LogP contribution in [-0.4, -0.2) is 47.9 Å². The third-order valence-electron chi connectivity index (χ3n) is 5.32. The van der Waals surface area contributed by atoms with Crippen molar-refractivity contribution >= 4 is 17.5 Å². The Morgan fingerprint density at radius 3 is 2.33 bits per heavy atom. The second kappa shape index (κ2) is 9.41. The van der Waals surface area contributed by atoms with E-state index in [0.29, 0.717) is 24.2 Å². The van der Waals surface area contributed by atoms with E-state index in [2.05, 4.69) is 15.6 Å². The van der Waals surface area contributed by atoms with Gasteiger partial charge in [0.2, 0.25) is 0 Å². The van der Waals surface area contributed by atoms with Gasteiger partial charge in [-0.15, -0.1) is 0 Å². The Bertz CT molecular complexity index is 1160. The number of nitrogens with zero attached hydrogens (tertiary/aromatic N) is 2. The molecule has 0 bridgehead atoms. The average molecular weight is 454 g/mol. The van der Waals surface area contributed by atoms with Crippen LogP contribution in [-0.2, 0) is 6.18 Å². The monoisotopic (exact) mass is 454 g/mol. The van der Waals surface area contributed by atoms with Gasteiger partial charge < -0.3 is 15.5 Å². The van der Waals surface area contributed by atoms with Crippen molar-refractivity contribution in [2.45, 2.75) is 6.18 Å². The van der Waals surface area contributed by atoms with E-state index in [1.807, 2.05) is 0 Å². The van der Waals surface area contributed by atoms with Crippen molar-refractivity contribution in [1.29, 1.82) is 0 Å². The van der Waals surface area contributed by atoms with E-state index in [-0.39, 0.29) is 17.2 Å². The molecule has 33 heavy (non-hydrogen) atoms. The van der Waals surface area contributed by atoms with Crippen molar-refractivity contribution in [2.75, 3.05) is 31.5 Å². The molecule has 0 radical (unpaired) electrons. The third-order valence-corrected chi connectivity index (χ3v) is 5.32. The van der Waals surface area contributed by atoms with E-state index >= 15 is 0 Å². The zero-order chi connectivity index (χ0) is 23.4. The predicted molar refractivity (Wildman–Crippen MR) is 118 cm³/mol. The molecule has 4 rings (SSSR count). The summed E-state index contributed by atoms with van der Waals surface area (Å²) in [6.45, 7) is 2.86. The number of halogens is 3. The number of nitrogens with one attached hydrogen (secondary N) is 2. The number of alkyl halides is 3. The fourth-order valence-corrected chi connectivity index (χ4v) is 3.55. The quantitative estimate of drug-likeness (QED) is 0.624. The van der Waals surface area contributed by atoms with E-state index in [1.165, 1.54) is 18.3 Å². The Balaban J connectivity index is 1.48. The molecule has 0 aliphatic carbocycles. The summed E-state index contributed by atoms with van der Waals surface area (Å²) in [7, 11) is 0. The van der Waals surface area contributed by atoms with Crippen LogP contribution in [0.15, 0.2) is 67.0 Å². The average Bonchev–Trinajstić information content (AvgIpc) is 2.84. The second-order valence-electron chi connectivity index (χ2n) is 7.61. The maximum absolute atomic E-state index is 12.9. The number of amides is 2. The number of hydrogen-bond acceptors (Lipinski definition) is 4. The van der Waals surface area contributed by atoms with Crippen LogP contribution >= 0.6 is 0 Å². The van der Waals surface area contributed by atoms with E-state index in [9.17, 15) is 22.8 Å². The first-order valence-corrected chi connectivity index (χ1v) is 10.4. The Morgan fingerprint density at radius 1 is 0.909 bits per heavy atom. The summed E-state index contributed by atoms with van der Waals surface area (Å²) in [5.41, 5.74) is 1.37. The molecule has 9 heteroatoms. The van der Waals surface area contributed by atoms with Crippen molar-refractivity contribution in [3.63, 3.8) is 0 Å². The molecule has 0 atom stereocenters. The molecule has 170 valence electrons. The van der Waals surface area contributed by atoms with Crippen LogP contribution in [0.3, 0.4) is 0 Å². The van der Waals surface area contributed by atoms with E-state index < -0.39 is 17.6 Å². The molecule has 1 aliphatic heterocycles. The highest BCUT2D eigenvalue weighted by molar-refractivity contribution is 6.04. The normalized spacial score (nSPS) is 14.1. The van der Waals surface area contributed by atoms with E-state index in [1.54, 1.807) is 41.4 Å². The third kappa shape index (κ3) is 5.38. The summed E-state index contributed by atoms with van der Waals surface area (Å²) >= 11 is 0. The molecule has 2 heterocycles. The van der Waals surface area contributed by atoms with Crippen molar-refractivity contribution in [1.82, 2.24) is 15.2 Å². The lowest BCUT2D eigenvalue weighted by atomic mass is 10.0. The Kier molecular flexibility index (Phi) is 6.41. The highest BCUT2D eigenvalue weighted by Gasteiger charge is 2.30. The number of benzene rings is 2. The lowest BCUT2D eigenvalue weighted by Crippen LogP contribution is -2.46. The molecular weight excluding hydrogens is 433 g/mol. The summed E-state index contributed by atoms with van der Waals surface area (Å²) in [5.74, 6) is -0.607. The smallest absolute Gasteiger partial charge is 0.336 e. The number of aromatic nitrogens is 1. The largest absolute Gasteiger partial charge is 0.416 e. The zero-order valence-corrected chi connectivity index (χ0v) is 17.5. The predicted octanol–water partition coefficient (Wildman–Crippen LogP) is 4.07. The fourth-order valence-electron chi connectivity index (χ4n) is 3.55. The van der Waals surface area contributed by atoms with Gasteiger partial charge in [0.15, 0.2) is 0 Å². The van der Waals surface area contributed by atoms with Crippen LogP contribution in [0, 0.1) is 0 Å². The topological polar surface area (TPSA) is 74.3 Å². The van der Waals surface area contributed by atoms with Gasteiger partial charge >= 0.3 is 6.18 Å². The molecule has 0 unspecified atom stereocenters. The minimum atomic E-state index is -4.50. The molecule has 0 spiro atoms. The van der Waals surface area contributed by atoms with Gasteiger partial charge in [-0.2, -0.15) is 13.2 Å². The number of carbonyl (C=O) groups excluding carboxylic acids is 2. The number of hydrogen-bond donors (Lipinski definition) is 2. The molecule has 6 nitrogen and oxygen atoms in total. The van der Waals surface area contributed by atoms with Gasteiger partial charge in [-0.25, -0.2) is 0 Å². The maximum atomic E-state index is 12.9. The highest BCUT2D eigenvalue weighted by atomic mass is 19.4. The number of anilines is 1. The van der Waals surface area contributed by atoms with Crippen LogP contribution in [0.5, 0.6) is 0 Å². The second-order valence-corrected chi connectivity index (χ2v) is 7.61. The number of piperazine rings is 1. The molecule has 1 fully saturated rings. The van der Waals surface area contributed by atoms with Gasteiger partial charge in [0, 0.05) is 55.4 Å². The molecule has 1 saturated heterocycles. The van der Waals surface area contributed by atoms with E-state index in [0.717, 1.165) is 30.8 Å². The Hall–Kier alpha value is -3.72. The SMILES string of the molecule is O=C(Nc1cccc(C(F)(F)F)c1)c1cncc(-c2ccc(C(=O)N3CCNCC3)cc2)c1. The van der Waals surface area contributed by atoms with Crippen molar-refractivity contribution in [2.24, 2.45) is 0 Å². The van der Waals surface area contributed by atoms with Crippen LogP contribution in [0.2, 0.25) is 0 Å². The lowest BCUT2D eigenvalue weighted by molar-refractivity contribution is -0.137. The molecule has 2 aromatic carbocycles. The summed E-state index contributed by atoms with van der Waals surface area (Å²) in [6, 6.07) is 13.1. The standard InChI is InChI=1S/C24H21F3N4O2/c25-24(26,27)20-2-1-3-21(13-20)30-22(32)19-12-18(14-29-15-19)16-4-6-17(7-5-16)23(33)31-10-8-28-9-11-31/h1-7,12-15,28H,8-11H2,(H,30,32). The highest BCUT2D eigenvalue weighted by Crippen LogP contribution is 2.31. The van der Waals surface area contributed by atoms with Crippen LogP contribution < -0.4 is 10.6 Å². The van der Waals surface area contributed by atoms with E-state index in [4.69, 9.17) is 0 Å². The molecule has 2 amide bonds. The minimum Gasteiger partial charge on any atom is -0.336 e. The van der Waals surface area contributed by atoms with Gasteiger partial charge in [-0.3, -0.25) is 14.6 Å². The molecule has 2 N–H and O–H groups in total. The van der Waals surface area contributed by atoms with Gasteiger partial charge in [-0.05, 0) is 42.0 Å². The molecule has 0 saturated carbocycles. The van der Waals surface area contributed by atoms with Gasteiger partial charge in [0.05, 0.1) is 11.1 Å². The summed E-state index contributed by atoms with van der Waals surface area (Å²) < 4.78 is 38.7. The zero-order valence-electron chi connectivity index (χ0n) is 17.5. The Labute approximate surface area is 188 Å². The molecule has 3 aromatic rings. The summed E-state index contributed by atoms with van der Waals surface area (Å²) in [4.78, 5) is 31.1. The maximum Gasteiger partial charge on any atom is 0.416 e. The van der Waals surface area contributed by atoms with Crippen LogP contribution in [0.4, 0.5) is 18.9 Å². The summed E-state index contributed by atoms with van der Waals surface area (Å²) in [5, 5.41) is 5.68. The Morgan fingerprint density at radius 2 is 1.64 bits per heavy atom. The van der Waals surface area contributed by atoms with Crippen molar-refractivity contribution in [3.8, 4) is 11.1 Å².